The van der Waals surface area contributed by atoms with E-state index >= 15 is 0 Å². The van der Waals surface area contributed by atoms with Crippen LogP contribution in [0, 0.1) is 5.92 Å². The second-order valence-corrected chi connectivity index (χ2v) is 7.59. The van der Waals surface area contributed by atoms with E-state index in [9.17, 15) is 9.90 Å². The summed E-state index contributed by atoms with van der Waals surface area (Å²) in [6.07, 6.45) is 9.47. The van der Waals surface area contributed by atoms with Gasteiger partial charge in [0, 0.05) is 30.6 Å². The number of carbonyl (C=O) groups is 1. The molecule has 1 aliphatic rings. The Hall–Kier alpha value is -2.79. The first kappa shape index (κ1) is 18.6. The molecule has 28 heavy (non-hydrogen) atoms. The highest BCUT2D eigenvalue weighted by Gasteiger charge is 2.21. The molecule has 4 rings (SSSR count). The summed E-state index contributed by atoms with van der Waals surface area (Å²) < 4.78 is 1.63. The molecule has 1 atom stereocenters. The van der Waals surface area contributed by atoms with E-state index in [2.05, 4.69) is 34.3 Å². The second-order valence-electron chi connectivity index (χ2n) is 7.59. The first-order valence-corrected chi connectivity index (χ1v) is 9.93. The van der Waals surface area contributed by atoms with E-state index in [0.717, 1.165) is 25.7 Å². The molecule has 0 saturated heterocycles. The smallest absolute Gasteiger partial charge is 0.163 e. The lowest BCUT2D eigenvalue weighted by molar-refractivity contribution is 0.0927. The minimum atomic E-state index is -0.430. The highest BCUT2D eigenvalue weighted by atomic mass is 16.3. The molecule has 0 spiro atoms. The molecule has 1 aromatic carbocycles. The Labute approximate surface area is 165 Å². The highest BCUT2D eigenvalue weighted by molar-refractivity contribution is 5.96. The number of aromatic nitrogens is 3. The number of carbonyl (C=O) groups excluding carboxylic acids is 1. The molecule has 0 radical (unpaired) electrons. The first-order valence-electron chi connectivity index (χ1n) is 9.93. The maximum atomic E-state index is 12.5. The summed E-state index contributed by atoms with van der Waals surface area (Å²) in [7, 11) is 0. The summed E-state index contributed by atoms with van der Waals surface area (Å²) in [6, 6.07) is 13.9. The van der Waals surface area contributed by atoms with Crippen LogP contribution in [0.15, 0.2) is 61.1 Å². The topological polar surface area (TPSA) is 68.0 Å². The van der Waals surface area contributed by atoms with Crippen LogP contribution in [-0.4, -0.2) is 31.8 Å². The van der Waals surface area contributed by atoms with Gasteiger partial charge >= 0.3 is 0 Å². The molecule has 1 N–H and O–H groups in total. The Kier molecular flexibility index (Phi) is 5.63. The summed E-state index contributed by atoms with van der Waals surface area (Å²) in [5, 5.41) is 14.5. The molecule has 0 bridgehead atoms. The van der Waals surface area contributed by atoms with Gasteiger partial charge in [-0.2, -0.15) is 5.10 Å². The van der Waals surface area contributed by atoms with Crippen molar-refractivity contribution in [2.75, 3.05) is 0 Å². The Balaban J connectivity index is 1.24. The van der Waals surface area contributed by atoms with Crippen molar-refractivity contribution in [2.45, 2.75) is 44.6 Å². The van der Waals surface area contributed by atoms with E-state index in [1.807, 2.05) is 6.07 Å². The summed E-state index contributed by atoms with van der Waals surface area (Å²) in [5.74, 6) is 1.26. The molecule has 0 saturated carbocycles. The minimum absolute atomic E-state index is 0.0307. The SMILES string of the molecule is O=C(CCC(O)CCC1Cc2ccccc2C1)c1ccnc(-n2cccn2)c1. The third kappa shape index (κ3) is 4.37. The number of fused-ring (bicyclic) bond motifs is 1. The standard InChI is InChI=1S/C23H25N3O2/c27-21(7-6-17-14-18-4-1-2-5-19(18)15-17)8-9-22(28)20-10-12-24-23(16-20)26-13-3-11-25-26/h1-5,10-13,16-17,21,27H,6-9,14-15H2. The van der Waals surface area contributed by atoms with E-state index in [1.54, 1.807) is 35.4 Å². The molecular weight excluding hydrogens is 350 g/mol. The third-order valence-electron chi connectivity index (χ3n) is 5.55. The van der Waals surface area contributed by atoms with Gasteiger partial charge in [0.15, 0.2) is 11.6 Å². The molecule has 1 unspecified atom stereocenters. The van der Waals surface area contributed by atoms with Crippen molar-refractivity contribution in [1.29, 1.82) is 0 Å². The molecule has 0 amide bonds. The molecule has 2 aromatic heterocycles. The second kappa shape index (κ2) is 8.48. The number of Topliss-reactive ketones (excluding diaryl/α,β-unsaturated/α-hetero) is 1. The zero-order valence-corrected chi connectivity index (χ0v) is 15.9. The number of rotatable bonds is 8. The number of aliphatic hydroxyl groups excluding tert-OH is 1. The largest absolute Gasteiger partial charge is 0.393 e. The molecule has 1 aliphatic carbocycles. The van der Waals surface area contributed by atoms with E-state index in [1.165, 1.54) is 11.1 Å². The lowest BCUT2D eigenvalue weighted by Gasteiger charge is -2.13. The molecule has 5 nitrogen and oxygen atoms in total. The molecule has 144 valence electrons. The van der Waals surface area contributed by atoms with E-state index < -0.39 is 6.10 Å². The van der Waals surface area contributed by atoms with Crippen molar-refractivity contribution in [1.82, 2.24) is 14.8 Å². The summed E-state index contributed by atoms with van der Waals surface area (Å²) in [4.78, 5) is 16.8. The fourth-order valence-electron chi connectivity index (χ4n) is 3.99. The van der Waals surface area contributed by atoms with Crippen LogP contribution in [0.5, 0.6) is 0 Å². The van der Waals surface area contributed by atoms with E-state index in [-0.39, 0.29) is 5.78 Å². The lowest BCUT2D eigenvalue weighted by atomic mass is 9.95. The predicted molar refractivity (Wildman–Crippen MR) is 108 cm³/mol. The average molecular weight is 375 g/mol. The van der Waals surface area contributed by atoms with Crippen molar-refractivity contribution < 1.29 is 9.90 Å². The summed E-state index contributed by atoms with van der Waals surface area (Å²) in [5.41, 5.74) is 3.50. The molecule has 3 aromatic rings. The number of nitrogens with zero attached hydrogens (tertiary/aromatic N) is 3. The number of ketones is 1. The molecule has 2 heterocycles. The minimum Gasteiger partial charge on any atom is -0.393 e. The lowest BCUT2D eigenvalue weighted by Crippen LogP contribution is -2.13. The average Bonchev–Trinajstić information content (AvgIpc) is 3.40. The zero-order valence-electron chi connectivity index (χ0n) is 15.9. The van der Waals surface area contributed by atoms with Gasteiger partial charge < -0.3 is 5.11 Å². The van der Waals surface area contributed by atoms with Crippen LogP contribution >= 0.6 is 0 Å². The molecule has 5 heteroatoms. The van der Waals surface area contributed by atoms with Gasteiger partial charge in [0.05, 0.1) is 6.10 Å². The van der Waals surface area contributed by atoms with E-state index in [0.29, 0.717) is 30.1 Å². The fraction of sp³-hybridized carbons (Fsp3) is 0.348. The van der Waals surface area contributed by atoms with E-state index in [4.69, 9.17) is 0 Å². The van der Waals surface area contributed by atoms with Gasteiger partial charge in [-0.3, -0.25) is 4.79 Å². The predicted octanol–water partition coefficient (Wildman–Crippen LogP) is 3.79. The van der Waals surface area contributed by atoms with Gasteiger partial charge in [-0.1, -0.05) is 24.3 Å². The summed E-state index contributed by atoms with van der Waals surface area (Å²) >= 11 is 0. The van der Waals surface area contributed by atoms with Crippen molar-refractivity contribution in [3.05, 3.63) is 77.7 Å². The van der Waals surface area contributed by atoms with Crippen LogP contribution in [-0.2, 0) is 12.8 Å². The van der Waals surface area contributed by atoms with Crippen molar-refractivity contribution >= 4 is 5.78 Å². The fourth-order valence-corrected chi connectivity index (χ4v) is 3.99. The number of hydrogen-bond donors (Lipinski definition) is 1. The number of hydrogen-bond acceptors (Lipinski definition) is 4. The first-order chi connectivity index (χ1) is 13.7. The third-order valence-corrected chi connectivity index (χ3v) is 5.55. The normalized spacial score (nSPS) is 14.8. The molecule has 0 fully saturated rings. The van der Waals surface area contributed by atoms with Crippen molar-refractivity contribution in [3.8, 4) is 5.82 Å². The molecular formula is C23H25N3O2. The van der Waals surface area contributed by atoms with Crippen molar-refractivity contribution in [2.24, 2.45) is 5.92 Å². The van der Waals surface area contributed by atoms with Crippen LogP contribution in [0.3, 0.4) is 0 Å². The zero-order chi connectivity index (χ0) is 19.3. The maximum Gasteiger partial charge on any atom is 0.163 e. The van der Waals surface area contributed by atoms with Gasteiger partial charge in [-0.25, -0.2) is 9.67 Å². The Bertz CT molecular complexity index is 912. The number of pyridine rings is 1. The van der Waals surface area contributed by atoms with Gasteiger partial charge in [0.2, 0.25) is 0 Å². The Morgan fingerprint density at radius 2 is 1.89 bits per heavy atom. The van der Waals surface area contributed by atoms with Crippen molar-refractivity contribution in [3.63, 3.8) is 0 Å². The maximum absolute atomic E-state index is 12.5. The van der Waals surface area contributed by atoms with Gasteiger partial charge in [0.1, 0.15) is 0 Å². The number of benzene rings is 1. The number of aliphatic hydroxyl groups is 1. The van der Waals surface area contributed by atoms with Crippen LogP contribution in [0.1, 0.15) is 47.2 Å². The van der Waals surface area contributed by atoms with Crippen LogP contribution in [0.2, 0.25) is 0 Å². The summed E-state index contributed by atoms with van der Waals surface area (Å²) in [6.45, 7) is 0. The van der Waals surface area contributed by atoms with Crippen LogP contribution in [0.25, 0.3) is 5.82 Å². The Morgan fingerprint density at radius 1 is 1.11 bits per heavy atom. The van der Waals surface area contributed by atoms with Crippen LogP contribution in [0.4, 0.5) is 0 Å². The van der Waals surface area contributed by atoms with Crippen LogP contribution < -0.4 is 0 Å². The highest BCUT2D eigenvalue weighted by Crippen LogP contribution is 2.30. The monoisotopic (exact) mass is 375 g/mol. The van der Waals surface area contributed by atoms with Gasteiger partial charge in [-0.15, -0.1) is 0 Å². The molecule has 0 aliphatic heterocycles. The quantitative estimate of drug-likeness (QED) is 0.608. The van der Waals surface area contributed by atoms with Gasteiger partial charge in [-0.05, 0) is 67.3 Å². The Morgan fingerprint density at radius 3 is 2.61 bits per heavy atom. The van der Waals surface area contributed by atoms with Gasteiger partial charge in [0.25, 0.3) is 0 Å².